The predicted octanol–water partition coefficient (Wildman–Crippen LogP) is 3.48. The summed E-state index contributed by atoms with van der Waals surface area (Å²) in [5.74, 6) is -0.189. The Hall–Kier alpha value is -3.54. The van der Waals surface area contributed by atoms with Crippen LogP contribution < -0.4 is 16.0 Å². The lowest BCUT2D eigenvalue weighted by atomic mass is 10.2. The molecule has 0 saturated carbocycles. The number of hydrogen-bond acceptors (Lipinski definition) is 2. The molecule has 3 aromatic rings. The number of carbonyl (C=O) groups is 2. The molecule has 0 aliphatic rings. The van der Waals surface area contributed by atoms with Crippen LogP contribution in [0.5, 0.6) is 0 Å². The van der Waals surface area contributed by atoms with Gasteiger partial charge in [0, 0.05) is 42.1 Å². The number of benzene rings is 2. The molecular weight excluding hydrogens is 316 g/mol. The van der Waals surface area contributed by atoms with Gasteiger partial charge in [-0.1, -0.05) is 0 Å². The molecule has 0 fully saturated rings. The smallest absolute Gasteiger partial charge is 0.318 e. The van der Waals surface area contributed by atoms with E-state index in [2.05, 4.69) is 16.0 Å². The molecule has 0 atom stereocenters. The highest BCUT2D eigenvalue weighted by molar-refractivity contribution is 6.04. The molecule has 6 heteroatoms. The zero-order valence-electron chi connectivity index (χ0n) is 13.7. The fourth-order valence-corrected chi connectivity index (χ4v) is 2.33. The maximum absolute atomic E-state index is 12.3. The molecule has 0 saturated heterocycles. The highest BCUT2D eigenvalue weighted by Crippen LogP contribution is 2.16. The first-order valence-corrected chi connectivity index (χ1v) is 7.79. The minimum atomic E-state index is -0.292. The van der Waals surface area contributed by atoms with Gasteiger partial charge in [0.25, 0.3) is 5.91 Å². The Balaban J connectivity index is 1.64. The van der Waals surface area contributed by atoms with Crippen molar-refractivity contribution in [3.05, 3.63) is 78.6 Å². The van der Waals surface area contributed by atoms with Crippen molar-refractivity contribution in [3.63, 3.8) is 0 Å². The van der Waals surface area contributed by atoms with Crippen LogP contribution in [0.3, 0.4) is 0 Å². The van der Waals surface area contributed by atoms with Gasteiger partial charge in [-0.15, -0.1) is 0 Å². The lowest BCUT2D eigenvalue weighted by Crippen LogP contribution is -2.24. The average molecular weight is 334 g/mol. The van der Waals surface area contributed by atoms with Crippen LogP contribution in [0.15, 0.2) is 73.1 Å². The van der Waals surface area contributed by atoms with Crippen molar-refractivity contribution in [2.75, 3.05) is 17.7 Å². The topological polar surface area (TPSA) is 75.2 Å². The Morgan fingerprint density at radius 1 is 0.800 bits per heavy atom. The van der Waals surface area contributed by atoms with E-state index < -0.39 is 0 Å². The van der Waals surface area contributed by atoms with E-state index >= 15 is 0 Å². The Bertz CT molecular complexity index is 853. The fraction of sp³-hybridized carbons (Fsp3) is 0.0526. The van der Waals surface area contributed by atoms with Crippen molar-refractivity contribution in [2.24, 2.45) is 0 Å². The average Bonchev–Trinajstić information content (AvgIpc) is 3.18. The van der Waals surface area contributed by atoms with Crippen LogP contribution in [0.1, 0.15) is 10.4 Å². The van der Waals surface area contributed by atoms with E-state index in [4.69, 9.17) is 0 Å². The van der Waals surface area contributed by atoms with Crippen molar-refractivity contribution in [3.8, 4) is 5.69 Å². The number of urea groups is 1. The van der Waals surface area contributed by atoms with E-state index in [1.54, 1.807) is 43.4 Å². The molecule has 0 unspecified atom stereocenters. The molecule has 0 radical (unpaired) electrons. The maximum atomic E-state index is 12.3. The highest BCUT2D eigenvalue weighted by atomic mass is 16.2. The number of aromatic nitrogens is 1. The number of rotatable bonds is 4. The number of nitrogens with zero attached hydrogens (tertiary/aromatic N) is 1. The zero-order chi connectivity index (χ0) is 17.6. The van der Waals surface area contributed by atoms with Crippen LogP contribution in [-0.2, 0) is 0 Å². The first-order valence-electron chi connectivity index (χ1n) is 7.79. The van der Waals surface area contributed by atoms with E-state index in [9.17, 15) is 9.59 Å². The molecule has 6 nitrogen and oxygen atoms in total. The summed E-state index contributed by atoms with van der Waals surface area (Å²) in [7, 11) is 1.55. The van der Waals surface area contributed by atoms with Crippen molar-refractivity contribution in [1.82, 2.24) is 9.88 Å². The van der Waals surface area contributed by atoms with Crippen molar-refractivity contribution >= 4 is 23.3 Å². The van der Waals surface area contributed by atoms with E-state index in [0.29, 0.717) is 16.9 Å². The second-order valence-electron chi connectivity index (χ2n) is 5.37. The van der Waals surface area contributed by atoms with Gasteiger partial charge in [0.05, 0.1) is 0 Å². The normalized spacial score (nSPS) is 10.1. The summed E-state index contributed by atoms with van der Waals surface area (Å²) in [4.78, 5) is 23.6. The number of nitrogens with one attached hydrogen (secondary N) is 3. The van der Waals surface area contributed by atoms with Crippen LogP contribution in [-0.4, -0.2) is 23.6 Å². The number of hydrogen-bond donors (Lipinski definition) is 3. The van der Waals surface area contributed by atoms with Crippen LogP contribution in [0, 0.1) is 0 Å². The van der Waals surface area contributed by atoms with Crippen molar-refractivity contribution in [2.45, 2.75) is 0 Å². The van der Waals surface area contributed by atoms with Gasteiger partial charge in [-0.2, -0.15) is 0 Å². The first kappa shape index (κ1) is 16.3. The zero-order valence-corrected chi connectivity index (χ0v) is 13.7. The molecule has 3 N–H and O–H groups in total. The van der Waals surface area contributed by atoms with E-state index in [0.717, 1.165) is 5.69 Å². The predicted molar refractivity (Wildman–Crippen MR) is 98.2 cm³/mol. The number of carbonyl (C=O) groups excluding carboxylic acids is 2. The third-order valence-corrected chi connectivity index (χ3v) is 3.66. The lowest BCUT2D eigenvalue weighted by Gasteiger charge is -2.08. The molecule has 126 valence electrons. The maximum Gasteiger partial charge on any atom is 0.318 e. The molecule has 0 aliphatic carbocycles. The molecule has 1 heterocycles. The van der Waals surface area contributed by atoms with Gasteiger partial charge in [0.2, 0.25) is 0 Å². The Morgan fingerprint density at radius 3 is 1.92 bits per heavy atom. The van der Waals surface area contributed by atoms with Gasteiger partial charge in [0.15, 0.2) is 0 Å². The molecule has 3 rings (SSSR count). The molecule has 3 amide bonds. The Kier molecular flexibility index (Phi) is 4.80. The highest BCUT2D eigenvalue weighted by Gasteiger charge is 2.07. The fourth-order valence-electron chi connectivity index (χ4n) is 2.33. The van der Waals surface area contributed by atoms with E-state index in [1.807, 2.05) is 41.2 Å². The summed E-state index contributed by atoms with van der Waals surface area (Å²) in [6.07, 6.45) is 3.90. The van der Waals surface area contributed by atoms with Gasteiger partial charge in [-0.3, -0.25) is 4.79 Å². The molecule has 0 aliphatic heterocycles. The second-order valence-corrected chi connectivity index (χ2v) is 5.37. The SMILES string of the molecule is CNC(=O)Nc1ccc(NC(=O)c2ccc(-n3cccc3)cc2)cc1. The van der Waals surface area contributed by atoms with Gasteiger partial charge in [-0.25, -0.2) is 4.79 Å². The summed E-state index contributed by atoms with van der Waals surface area (Å²) in [6.45, 7) is 0. The molecule has 1 aromatic heterocycles. The monoisotopic (exact) mass is 334 g/mol. The Morgan fingerprint density at radius 2 is 1.36 bits per heavy atom. The molecule has 0 bridgehead atoms. The largest absolute Gasteiger partial charge is 0.341 e. The standard InChI is InChI=1S/C19H18N4O2/c1-20-19(25)22-16-8-6-15(7-9-16)21-18(24)14-4-10-17(11-5-14)23-12-2-3-13-23/h2-13H,1H3,(H,21,24)(H2,20,22,25). The third kappa shape index (κ3) is 4.06. The van der Waals surface area contributed by atoms with Crippen molar-refractivity contribution in [1.29, 1.82) is 0 Å². The minimum Gasteiger partial charge on any atom is -0.341 e. The lowest BCUT2D eigenvalue weighted by molar-refractivity contribution is 0.102. The minimum absolute atomic E-state index is 0.189. The van der Waals surface area contributed by atoms with Crippen LogP contribution in [0.4, 0.5) is 16.2 Å². The number of anilines is 2. The first-order chi connectivity index (χ1) is 12.2. The van der Waals surface area contributed by atoms with Gasteiger partial charge in [-0.05, 0) is 60.7 Å². The third-order valence-electron chi connectivity index (χ3n) is 3.66. The molecular formula is C19H18N4O2. The summed E-state index contributed by atoms with van der Waals surface area (Å²) in [6, 6.07) is 17.9. The summed E-state index contributed by atoms with van der Waals surface area (Å²) >= 11 is 0. The van der Waals surface area contributed by atoms with E-state index in [-0.39, 0.29) is 11.9 Å². The van der Waals surface area contributed by atoms with Gasteiger partial charge >= 0.3 is 6.03 Å². The molecule has 2 aromatic carbocycles. The summed E-state index contributed by atoms with van der Waals surface area (Å²) in [5, 5.41) is 7.97. The number of amides is 3. The van der Waals surface area contributed by atoms with Crippen LogP contribution >= 0.6 is 0 Å². The van der Waals surface area contributed by atoms with Crippen LogP contribution in [0.25, 0.3) is 5.69 Å². The summed E-state index contributed by atoms with van der Waals surface area (Å²) < 4.78 is 1.97. The van der Waals surface area contributed by atoms with Crippen LogP contribution in [0.2, 0.25) is 0 Å². The molecule has 0 spiro atoms. The van der Waals surface area contributed by atoms with Gasteiger partial charge < -0.3 is 20.5 Å². The van der Waals surface area contributed by atoms with E-state index in [1.165, 1.54) is 0 Å². The quantitative estimate of drug-likeness (QED) is 0.683. The molecule has 25 heavy (non-hydrogen) atoms. The second kappa shape index (κ2) is 7.35. The Labute approximate surface area is 145 Å². The summed E-state index contributed by atoms with van der Waals surface area (Å²) in [5.41, 5.74) is 2.87. The van der Waals surface area contributed by atoms with Gasteiger partial charge in [0.1, 0.15) is 0 Å². The van der Waals surface area contributed by atoms with Crippen molar-refractivity contribution < 1.29 is 9.59 Å².